The predicted octanol–water partition coefficient (Wildman–Crippen LogP) is 6.91. The molecule has 0 saturated heterocycles. The topological polar surface area (TPSA) is 56.3 Å². The van der Waals surface area contributed by atoms with Gasteiger partial charge < -0.3 is 0 Å². The molecule has 0 N–H and O–H groups in total. The summed E-state index contributed by atoms with van der Waals surface area (Å²) in [5.41, 5.74) is -7.60. The second-order valence-corrected chi connectivity index (χ2v) is 9.67. The normalized spacial score (nSPS) is 13.9. The number of hydrogen-bond acceptors (Lipinski definition) is 2. The van der Waals surface area contributed by atoms with Crippen LogP contribution in [0.2, 0.25) is 0 Å². The van der Waals surface area contributed by atoms with Crippen LogP contribution in [-0.4, -0.2) is 0 Å². The Hall–Kier alpha value is -5.72. The Labute approximate surface area is 243 Å². The van der Waals surface area contributed by atoms with Gasteiger partial charge in [-0.1, -0.05) is 24.3 Å². The number of rotatable bonds is 2. The highest BCUT2D eigenvalue weighted by atomic mass is 19.4. The van der Waals surface area contributed by atoms with E-state index in [9.17, 15) is 19.3 Å². The van der Waals surface area contributed by atoms with Crippen LogP contribution in [0.25, 0.3) is 20.8 Å². The highest BCUT2D eigenvalue weighted by Gasteiger charge is 2.48. The molecule has 12 heteroatoms. The lowest BCUT2D eigenvalue weighted by atomic mass is 9.91. The molecule has 0 spiro atoms. The van der Waals surface area contributed by atoms with Crippen LogP contribution in [0.5, 0.6) is 0 Å². The van der Waals surface area contributed by atoms with Gasteiger partial charge in [-0.15, -0.1) is 0 Å². The molecule has 0 saturated carbocycles. The summed E-state index contributed by atoms with van der Waals surface area (Å²) < 4.78 is 119. The van der Waals surface area contributed by atoms with E-state index in [1.54, 1.807) is 0 Å². The van der Waals surface area contributed by atoms with E-state index in [-0.39, 0.29) is 11.1 Å². The number of alkyl halides is 6. The first-order chi connectivity index (χ1) is 20.8. The zero-order valence-electron chi connectivity index (χ0n) is 21.8. The maximum Gasteiger partial charge on any atom is 0.523 e. The zero-order chi connectivity index (χ0) is 32.1. The number of benzene rings is 3. The molecule has 0 radical (unpaired) electrons. The minimum Gasteiger partial charge on any atom is -0.207 e. The van der Waals surface area contributed by atoms with Gasteiger partial charge in [0, 0.05) is 6.42 Å². The highest BCUT2D eigenvalue weighted by Crippen LogP contribution is 2.44. The molecule has 3 aromatic carbocycles. The Kier molecular flexibility index (Phi) is 7.12. The maximum absolute atomic E-state index is 15.1. The van der Waals surface area contributed by atoms with Gasteiger partial charge >= 0.3 is 18.2 Å². The second kappa shape index (κ2) is 10.5. The third-order valence-electron chi connectivity index (χ3n) is 7.36. The van der Waals surface area contributed by atoms with E-state index < -0.39 is 103 Å². The first-order valence-electron chi connectivity index (χ1n) is 12.4. The summed E-state index contributed by atoms with van der Waals surface area (Å²) >= 11 is 0. The molecule has 0 fully saturated rings. The number of halogens is 8. The van der Waals surface area contributed by atoms with E-state index in [4.69, 9.17) is 13.1 Å². The molecule has 216 valence electrons. The molecule has 0 atom stereocenters. The van der Waals surface area contributed by atoms with Crippen molar-refractivity contribution in [1.29, 1.82) is 10.5 Å². The van der Waals surface area contributed by atoms with Crippen molar-refractivity contribution in [2.75, 3.05) is 0 Å². The zero-order valence-corrected chi connectivity index (χ0v) is 21.8. The van der Waals surface area contributed by atoms with Crippen molar-refractivity contribution in [1.82, 2.24) is 0 Å². The minimum atomic E-state index is -5.32. The number of fused-ring (bicyclic) bond motifs is 2. The third-order valence-corrected chi connectivity index (χ3v) is 7.36. The van der Waals surface area contributed by atoms with Gasteiger partial charge in [0.1, 0.15) is 42.5 Å². The number of hydrogen-bond donors (Lipinski definition) is 0. The van der Waals surface area contributed by atoms with Crippen molar-refractivity contribution in [3.8, 4) is 12.1 Å². The summed E-state index contributed by atoms with van der Waals surface area (Å²) in [4.78, 5) is 6.11. The molecule has 5 rings (SSSR count). The van der Waals surface area contributed by atoms with Gasteiger partial charge in [0.25, 0.3) is 0 Å². The standard InChI is InChI=1S/C32H12F8N4/c1-43-30(44-2)23-12-22-27(25(23)16-5-9-19(34)10-6-16)28(31(35,36)37)21-11-20(17(13-41)14-42)24(15-3-7-18(33)8-4-15)26(21)29(22)32(38,39)40/h3-10H,11-12H2. The summed E-state index contributed by atoms with van der Waals surface area (Å²) in [6, 6.07) is 10.7. The molecule has 2 aliphatic carbocycles. The van der Waals surface area contributed by atoms with Crippen LogP contribution in [0.3, 0.4) is 0 Å². The van der Waals surface area contributed by atoms with E-state index in [1.807, 2.05) is 0 Å². The Morgan fingerprint density at radius 1 is 0.636 bits per heavy atom. The van der Waals surface area contributed by atoms with E-state index >= 15 is 26.3 Å². The fraction of sp³-hybridized carbons (Fsp3) is 0.125. The second-order valence-electron chi connectivity index (χ2n) is 9.67. The summed E-state index contributed by atoms with van der Waals surface area (Å²) in [7, 11) is 0. The van der Waals surface area contributed by atoms with E-state index in [0.717, 1.165) is 48.5 Å². The van der Waals surface area contributed by atoms with Crippen LogP contribution in [0, 0.1) is 47.4 Å². The van der Waals surface area contributed by atoms with Crippen molar-refractivity contribution in [2.45, 2.75) is 25.2 Å². The minimum absolute atomic E-state index is 0.158. The first-order valence-corrected chi connectivity index (χ1v) is 12.4. The first kappa shape index (κ1) is 29.8. The largest absolute Gasteiger partial charge is 0.523 e. The molecule has 4 nitrogen and oxygen atoms in total. The molecular weight excluding hydrogens is 592 g/mol. The van der Waals surface area contributed by atoms with Gasteiger partial charge in [-0.25, -0.2) is 8.78 Å². The smallest absolute Gasteiger partial charge is 0.207 e. The van der Waals surface area contributed by atoms with Crippen molar-refractivity contribution in [2.24, 2.45) is 0 Å². The van der Waals surface area contributed by atoms with E-state index in [0.29, 0.717) is 0 Å². The number of nitrogens with zero attached hydrogens (tertiary/aromatic N) is 4. The van der Waals surface area contributed by atoms with Crippen molar-refractivity contribution >= 4 is 11.1 Å². The van der Waals surface area contributed by atoms with Gasteiger partial charge in [-0.05, 0) is 80.1 Å². The molecule has 0 bridgehead atoms. The van der Waals surface area contributed by atoms with Crippen molar-refractivity contribution < 1.29 is 35.1 Å². The summed E-state index contributed by atoms with van der Waals surface area (Å²) in [5.74, 6) is -2.34. The Morgan fingerprint density at radius 3 is 1.34 bits per heavy atom. The van der Waals surface area contributed by atoms with Gasteiger partial charge in [0.2, 0.25) is 0 Å². The Morgan fingerprint density at radius 2 is 1.00 bits per heavy atom. The quantitative estimate of drug-likeness (QED) is 0.182. The third kappa shape index (κ3) is 4.68. The van der Waals surface area contributed by atoms with Crippen LogP contribution in [0.15, 0.2) is 71.1 Å². The lowest BCUT2D eigenvalue weighted by molar-refractivity contribution is -0.143. The fourth-order valence-electron chi connectivity index (χ4n) is 5.81. The summed E-state index contributed by atoms with van der Waals surface area (Å²) in [5, 5.41) is 17.4. The van der Waals surface area contributed by atoms with E-state index in [2.05, 4.69) is 9.69 Å². The number of nitriles is 2. The van der Waals surface area contributed by atoms with Crippen molar-refractivity contribution in [3.63, 3.8) is 0 Å². The van der Waals surface area contributed by atoms with Crippen LogP contribution >= 0.6 is 0 Å². The molecule has 0 unspecified atom stereocenters. The molecule has 2 aliphatic rings. The monoisotopic (exact) mass is 604 g/mol. The predicted molar refractivity (Wildman–Crippen MR) is 139 cm³/mol. The van der Waals surface area contributed by atoms with Gasteiger partial charge in [-0.3, -0.25) is 0 Å². The molecule has 0 aliphatic heterocycles. The van der Waals surface area contributed by atoms with Gasteiger partial charge in [-0.2, -0.15) is 46.6 Å². The molecule has 44 heavy (non-hydrogen) atoms. The average Bonchev–Trinajstić information content (AvgIpc) is 3.51. The number of allylic oxidation sites excluding steroid dienone is 3. The summed E-state index contributed by atoms with van der Waals surface area (Å²) in [6.07, 6.45) is -12.4. The fourth-order valence-corrected chi connectivity index (χ4v) is 5.81. The molecule has 0 amide bonds. The molecule has 0 aromatic heterocycles. The van der Waals surface area contributed by atoms with Gasteiger partial charge in [0.05, 0.1) is 16.7 Å². The van der Waals surface area contributed by atoms with Crippen LogP contribution < -0.4 is 10.4 Å². The lowest BCUT2D eigenvalue weighted by Crippen LogP contribution is -2.36. The van der Waals surface area contributed by atoms with Gasteiger partial charge in [0.15, 0.2) is 0 Å². The van der Waals surface area contributed by atoms with Crippen LogP contribution in [0.4, 0.5) is 35.1 Å². The SMILES string of the molecule is [C-]#[N+]C([N+]#[C-])=C1Cc2c(C(F)(F)F)c3c(c(C(F)(F)F)c2=C1c1ccc(F)cc1)CC(=C(C#N)C#N)C=3c1ccc(F)cc1. The van der Waals surface area contributed by atoms with E-state index in [1.165, 1.54) is 12.1 Å². The van der Waals surface area contributed by atoms with Crippen LogP contribution in [-0.2, 0) is 25.2 Å². The average molecular weight is 604 g/mol. The Balaban J connectivity index is 2.19. The highest BCUT2D eigenvalue weighted by molar-refractivity contribution is 5.90. The summed E-state index contributed by atoms with van der Waals surface area (Å²) in [6.45, 7) is 14.8. The molecule has 3 aromatic rings. The maximum atomic E-state index is 15.1. The molecule has 0 heterocycles. The lowest BCUT2D eigenvalue weighted by Gasteiger charge is -2.19. The molecular formula is C32H12F8N4. The Bertz CT molecular complexity index is 1930. The van der Waals surface area contributed by atoms with Crippen molar-refractivity contribution in [3.05, 3.63) is 149 Å². The van der Waals surface area contributed by atoms with Crippen LogP contribution in [0.1, 0.15) is 33.4 Å².